The topological polar surface area (TPSA) is 46.6 Å². The zero-order valence-corrected chi connectivity index (χ0v) is 11.7. The van der Waals surface area contributed by atoms with E-state index in [2.05, 4.69) is 4.90 Å². The maximum atomic E-state index is 12.1. The van der Waals surface area contributed by atoms with Gasteiger partial charge >= 0.3 is 0 Å². The summed E-state index contributed by atoms with van der Waals surface area (Å²) in [6, 6.07) is 9.66. The molecule has 2 aliphatic rings. The van der Waals surface area contributed by atoms with Crippen molar-refractivity contribution in [1.29, 1.82) is 0 Å². The molecule has 0 radical (unpaired) electrons. The molecule has 1 aliphatic carbocycles. The van der Waals surface area contributed by atoms with Gasteiger partial charge in [0.15, 0.2) is 0 Å². The second kappa shape index (κ2) is 6.16. The number of benzene rings is 1. The van der Waals surface area contributed by atoms with Crippen LogP contribution in [0.1, 0.15) is 5.56 Å². The summed E-state index contributed by atoms with van der Waals surface area (Å²) in [5.74, 6) is -0.819. The smallest absolute Gasteiger partial charge is 0.230 e. The number of nitrogens with zero attached hydrogens (tertiary/aromatic N) is 1. The van der Waals surface area contributed by atoms with Crippen LogP contribution in [0.2, 0.25) is 0 Å². The third-order valence-electron chi connectivity index (χ3n) is 3.74. The minimum atomic E-state index is -0.431. The number of hydrogen-bond donors (Lipinski definition) is 0. The number of ether oxygens (including phenoxy) is 1. The molecule has 3 rings (SSSR count). The van der Waals surface area contributed by atoms with Gasteiger partial charge in [0, 0.05) is 25.2 Å². The molecule has 1 saturated heterocycles. The normalized spacial score (nSPS) is 20.2. The SMILES string of the molecule is O=C1C=C(c2ccccc2)C=C(CN2CCOCC2)C1=O. The molecule has 1 aromatic rings. The summed E-state index contributed by atoms with van der Waals surface area (Å²) in [5, 5.41) is 0. The van der Waals surface area contributed by atoms with E-state index in [4.69, 9.17) is 4.74 Å². The highest BCUT2D eigenvalue weighted by Crippen LogP contribution is 2.22. The van der Waals surface area contributed by atoms with Crippen LogP contribution in [0, 0.1) is 0 Å². The van der Waals surface area contributed by atoms with E-state index < -0.39 is 5.78 Å². The van der Waals surface area contributed by atoms with Gasteiger partial charge in [-0.25, -0.2) is 0 Å². The Balaban J connectivity index is 1.84. The Morgan fingerprint density at radius 1 is 1.00 bits per heavy atom. The van der Waals surface area contributed by atoms with E-state index in [0.717, 1.165) is 24.2 Å². The first-order chi connectivity index (χ1) is 10.2. The van der Waals surface area contributed by atoms with Crippen LogP contribution >= 0.6 is 0 Å². The summed E-state index contributed by atoms with van der Waals surface area (Å²) < 4.78 is 5.30. The van der Waals surface area contributed by atoms with Crippen LogP contribution < -0.4 is 0 Å². The fourth-order valence-electron chi connectivity index (χ4n) is 2.57. The minimum Gasteiger partial charge on any atom is -0.379 e. The van der Waals surface area contributed by atoms with Gasteiger partial charge in [0.05, 0.1) is 13.2 Å². The molecule has 1 heterocycles. The predicted molar refractivity (Wildman–Crippen MR) is 79.8 cm³/mol. The lowest BCUT2D eigenvalue weighted by molar-refractivity contribution is -0.131. The first-order valence-corrected chi connectivity index (χ1v) is 7.10. The van der Waals surface area contributed by atoms with Crippen LogP contribution in [0.4, 0.5) is 0 Å². The monoisotopic (exact) mass is 283 g/mol. The van der Waals surface area contributed by atoms with Gasteiger partial charge in [0.25, 0.3) is 0 Å². The van der Waals surface area contributed by atoms with Crippen LogP contribution in [-0.2, 0) is 14.3 Å². The molecule has 0 spiro atoms. The van der Waals surface area contributed by atoms with E-state index in [-0.39, 0.29) is 5.78 Å². The van der Waals surface area contributed by atoms with Gasteiger partial charge in [0.2, 0.25) is 11.6 Å². The molecule has 1 aromatic carbocycles. The zero-order chi connectivity index (χ0) is 14.7. The lowest BCUT2D eigenvalue weighted by atomic mass is 9.92. The molecule has 0 N–H and O–H groups in total. The Labute approximate surface area is 123 Å². The molecule has 0 atom stereocenters. The van der Waals surface area contributed by atoms with Gasteiger partial charge < -0.3 is 4.74 Å². The van der Waals surface area contributed by atoms with Crippen LogP contribution in [0.25, 0.3) is 5.57 Å². The van der Waals surface area contributed by atoms with Crippen molar-refractivity contribution in [1.82, 2.24) is 4.90 Å². The third kappa shape index (κ3) is 3.17. The quantitative estimate of drug-likeness (QED) is 0.623. The van der Waals surface area contributed by atoms with Gasteiger partial charge in [-0.15, -0.1) is 0 Å². The van der Waals surface area contributed by atoms with Crippen molar-refractivity contribution in [3.63, 3.8) is 0 Å². The van der Waals surface area contributed by atoms with E-state index in [1.165, 1.54) is 6.08 Å². The van der Waals surface area contributed by atoms with Crippen LogP contribution in [0.5, 0.6) is 0 Å². The van der Waals surface area contributed by atoms with Gasteiger partial charge in [0.1, 0.15) is 0 Å². The molecule has 0 aromatic heterocycles. The van der Waals surface area contributed by atoms with Crippen molar-refractivity contribution in [2.45, 2.75) is 0 Å². The number of ketones is 2. The summed E-state index contributed by atoms with van der Waals surface area (Å²) in [4.78, 5) is 26.1. The summed E-state index contributed by atoms with van der Waals surface area (Å²) in [5.41, 5.74) is 2.34. The number of Topliss-reactive ketones (excluding diaryl/α,β-unsaturated/α-hetero) is 1. The van der Waals surface area contributed by atoms with Crippen molar-refractivity contribution < 1.29 is 14.3 Å². The second-order valence-electron chi connectivity index (χ2n) is 5.22. The average Bonchev–Trinajstić information content (AvgIpc) is 2.53. The van der Waals surface area contributed by atoms with Crippen molar-refractivity contribution in [3.8, 4) is 0 Å². The number of rotatable bonds is 3. The highest BCUT2D eigenvalue weighted by Gasteiger charge is 2.25. The highest BCUT2D eigenvalue weighted by molar-refractivity contribution is 6.50. The van der Waals surface area contributed by atoms with Gasteiger partial charge in [-0.3, -0.25) is 14.5 Å². The van der Waals surface area contributed by atoms with Crippen molar-refractivity contribution >= 4 is 17.1 Å². The third-order valence-corrected chi connectivity index (χ3v) is 3.74. The van der Waals surface area contributed by atoms with Gasteiger partial charge in [-0.05, 0) is 23.3 Å². The maximum Gasteiger partial charge on any atom is 0.230 e. The van der Waals surface area contributed by atoms with Gasteiger partial charge in [-0.1, -0.05) is 30.3 Å². The Morgan fingerprint density at radius 2 is 1.71 bits per heavy atom. The average molecular weight is 283 g/mol. The van der Waals surface area contributed by atoms with E-state index >= 15 is 0 Å². The van der Waals surface area contributed by atoms with Crippen molar-refractivity contribution in [3.05, 3.63) is 53.6 Å². The number of hydrogen-bond acceptors (Lipinski definition) is 4. The first-order valence-electron chi connectivity index (χ1n) is 7.10. The number of carbonyl (C=O) groups excluding carboxylic acids is 2. The molecule has 0 amide bonds. The predicted octanol–water partition coefficient (Wildman–Crippen LogP) is 1.48. The molecule has 108 valence electrons. The molecule has 0 saturated carbocycles. The summed E-state index contributed by atoms with van der Waals surface area (Å²) >= 11 is 0. The fraction of sp³-hybridized carbons (Fsp3) is 0.294. The Kier molecular flexibility index (Phi) is 4.08. The second-order valence-corrected chi connectivity index (χ2v) is 5.22. The van der Waals surface area contributed by atoms with Crippen LogP contribution in [-0.4, -0.2) is 49.3 Å². The fourth-order valence-corrected chi connectivity index (χ4v) is 2.57. The molecule has 0 unspecified atom stereocenters. The first kappa shape index (κ1) is 13.9. The molecule has 1 fully saturated rings. The van der Waals surface area contributed by atoms with Gasteiger partial charge in [-0.2, -0.15) is 0 Å². The maximum absolute atomic E-state index is 12.1. The Bertz CT molecular complexity index is 610. The van der Waals surface area contributed by atoms with Crippen LogP contribution in [0.3, 0.4) is 0 Å². The highest BCUT2D eigenvalue weighted by atomic mass is 16.5. The van der Waals surface area contributed by atoms with Crippen molar-refractivity contribution in [2.24, 2.45) is 0 Å². The summed E-state index contributed by atoms with van der Waals surface area (Å²) in [6.45, 7) is 3.46. The number of morpholine rings is 1. The molecule has 1 aliphatic heterocycles. The zero-order valence-electron chi connectivity index (χ0n) is 11.7. The largest absolute Gasteiger partial charge is 0.379 e. The van der Waals surface area contributed by atoms with E-state index in [1.807, 2.05) is 36.4 Å². The molecule has 4 heteroatoms. The minimum absolute atomic E-state index is 0.388. The van der Waals surface area contributed by atoms with E-state index in [0.29, 0.717) is 25.3 Å². The molecule has 21 heavy (non-hydrogen) atoms. The summed E-state index contributed by atoms with van der Waals surface area (Å²) in [6.07, 6.45) is 3.27. The molecule has 4 nitrogen and oxygen atoms in total. The molecular formula is C17H17NO3. The Hall–Kier alpha value is -2.04. The Morgan fingerprint density at radius 3 is 2.43 bits per heavy atom. The van der Waals surface area contributed by atoms with E-state index in [9.17, 15) is 9.59 Å². The lowest BCUT2D eigenvalue weighted by Gasteiger charge is -2.27. The number of carbonyl (C=O) groups is 2. The molecule has 0 bridgehead atoms. The summed E-state index contributed by atoms with van der Waals surface area (Å²) in [7, 11) is 0. The molecular weight excluding hydrogens is 266 g/mol. The standard InChI is InChI=1S/C17H17NO3/c19-16-11-14(13-4-2-1-3-5-13)10-15(17(16)20)12-18-6-8-21-9-7-18/h1-5,10-11H,6-9,12H2. The number of allylic oxidation sites excluding steroid dienone is 3. The van der Waals surface area contributed by atoms with E-state index in [1.54, 1.807) is 0 Å². The lowest BCUT2D eigenvalue weighted by Crippen LogP contribution is -2.39. The van der Waals surface area contributed by atoms with Crippen molar-refractivity contribution in [2.75, 3.05) is 32.8 Å². The van der Waals surface area contributed by atoms with Crippen LogP contribution in [0.15, 0.2) is 48.1 Å².